The summed E-state index contributed by atoms with van der Waals surface area (Å²) in [4.78, 5) is 14.7. The molecule has 2 aromatic carbocycles. The first-order valence-corrected chi connectivity index (χ1v) is 9.95. The fourth-order valence-corrected chi connectivity index (χ4v) is 3.54. The van der Waals surface area contributed by atoms with E-state index in [1.165, 1.54) is 30.4 Å². The summed E-state index contributed by atoms with van der Waals surface area (Å²) in [5.74, 6) is 0.604. The molecule has 0 saturated carbocycles. The fraction of sp³-hybridized carbons (Fsp3) is 0.409. The third kappa shape index (κ3) is 5.98. The van der Waals surface area contributed by atoms with E-state index in [0.29, 0.717) is 12.3 Å². The number of hydrogen-bond acceptors (Lipinski definition) is 3. The predicted octanol–water partition coefficient (Wildman–Crippen LogP) is 4.37. The number of aryl methyl sites for hydroxylation is 1. The van der Waals surface area contributed by atoms with Gasteiger partial charge in [0.05, 0.1) is 6.04 Å². The monoisotopic (exact) mass is 386 g/mol. The number of ether oxygens (including phenoxy) is 1. The Morgan fingerprint density at radius 3 is 2.41 bits per heavy atom. The Bertz CT molecular complexity index is 725. The molecule has 3 rings (SSSR count). The van der Waals surface area contributed by atoms with Gasteiger partial charge in [0.25, 0.3) is 5.91 Å². The van der Waals surface area contributed by atoms with E-state index in [-0.39, 0.29) is 18.6 Å². The number of nitrogens with one attached hydrogen (secondary N) is 1. The van der Waals surface area contributed by atoms with Crippen LogP contribution in [0.3, 0.4) is 0 Å². The molecular formula is C22H27ClN2O2. The first-order valence-electron chi connectivity index (χ1n) is 9.57. The maximum Gasteiger partial charge on any atom is 0.258 e. The highest BCUT2D eigenvalue weighted by atomic mass is 35.5. The van der Waals surface area contributed by atoms with E-state index in [2.05, 4.69) is 22.3 Å². The van der Waals surface area contributed by atoms with Crippen LogP contribution >= 0.6 is 11.6 Å². The highest BCUT2D eigenvalue weighted by Gasteiger charge is 2.22. The Hall–Kier alpha value is -2.04. The van der Waals surface area contributed by atoms with Crippen molar-refractivity contribution in [1.29, 1.82) is 0 Å². The Morgan fingerprint density at radius 2 is 1.74 bits per heavy atom. The number of carbonyl (C=O) groups is 1. The van der Waals surface area contributed by atoms with Gasteiger partial charge in [-0.25, -0.2) is 0 Å². The quantitative estimate of drug-likeness (QED) is 0.768. The maximum absolute atomic E-state index is 12.3. The van der Waals surface area contributed by atoms with E-state index in [1.54, 1.807) is 0 Å². The Labute approximate surface area is 166 Å². The van der Waals surface area contributed by atoms with Crippen LogP contribution in [0.5, 0.6) is 5.75 Å². The van der Waals surface area contributed by atoms with Crippen LogP contribution in [-0.2, 0) is 4.79 Å². The Morgan fingerprint density at radius 1 is 1.07 bits per heavy atom. The van der Waals surface area contributed by atoms with Crippen LogP contribution in [0.15, 0.2) is 48.5 Å². The van der Waals surface area contributed by atoms with Crippen molar-refractivity contribution < 1.29 is 9.53 Å². The fourth-order valence-electron chi connectivity index (χ4n) is 3.42. The molecule has 27 heavy (non-hydrogen) atoms. The number of benzene rings is 2. The minimum Gasteiger partial charge on any atom is -0.484 e. The average Bonchev–Trinajstić information content (AvgIpc) is 2.70. The summed E-state index contributed by atoms with van der Waals surface area (Å²) in [6.07, 6.45) is 3.68. The van der Waals surface area contributed by atoms with Crippen molar-refractivity contribution in [2.75, 3.05) is 26.2 Å². The number of piperidine rings is 1. The predicted molar refractivity (Wildman–Crippen MR) is 109 cm³/mol. The number of nitrogens with zero attached hydrogens (tertiary/aromatic N) is 1. The van der Waals surface area contributed by atoms with E-state index >= 15 is 0 Å². The molecule has 5 heteroatoms. The SMILES string of the molecule is Cc1ccc(OCC(=O)NC[C@H](c2ccc(Cl)cc2)N2CCCCC2)cc1. The van der Waals surface area contributed by atoms with Crippen molar-refractivity contribution in [3.8, 4) is 5.75 Å². The van der Waals surface area contributed by atoms with Gasteiger partial charge in [0.2, 0.25) is 0 Å². The van der Waals surface area contributed by atoms with Crippen LogP contribution < -0.4 is 10.1 Å². The minimum absolute atomic E-state index is 0.0242. The lowest BCUT2D eigenvalue weighted by atomic mass is 10.0. The molecule has 4 nitrogen and oxygen atoms in total. The zero-order chi connectivity index (χ0) is 19.1. The third-order valence-corrected chi connectivity index (χ3v) is 5.22. The highest BCUT2D eigenvalue weighted by molar-refractivity contribution is 6.30. The van der Waals surface area contributed by atoms with E-state index in [0.717, 1.165) is 18.1 Å². The number of likely N-dealkylation sites (tertiary alicyclic amines) is 1. The summed E-state index contributed by atoms with van der Waals surface area (Å²) < 4.78 is 5.58. The van der Waals surface area contributed by atoms with E-state index in [1.807, 2.05) is 43.3 Å². The van der Waals surface area contributed by atoms with Crippen LogP contribution in [0.1, 0.15) is 36.4 Å². The Balaban J connectivity index is 1.57. The third-order valence-electron chi connectivity index (χ3n) is 4.97. The molecule has 0 unspecified atom stereocenters. The van der Waals surface area contributed by atoms with Gasteiger partial charge in [-0.2, -0.15) is 0 Å². The first-order chi connectivity index (χ1) is 13.1. The highest BCUT2D eigenvalue weighted by Crippen LogP contribution is 2.25. The molecule has 2 aromatic rings. The van der Waals surface area contributed by atoms with E-state index < -0.39 is 0 Å². The second-order valence-electron chi connectivity index (χ2n) is 7.07. The summed E-state index contributed by atoms with van der Waals surface area (Å²) in [6.45, 7) is 4.73. The van der Waals surface area contributed by atoms with Gasteiger partial charge >= 0.3 is 0 Å². The number of amides is 1. The Kier molecular flexibility index (Phi) is 7.13. The molecule has 144 valence electrons. The summed E-state index contributed by atoms with van der Waals surface area (Å²) in [5, 5.41) is 3.76. The van der Waals surface area contributed by atoms with Gasteiger partial charge in [-0.3, -0.25) is 9.69 Å². The lowest BCUT2D eigenvalue weighted by molar-refractivity contribution is -0.123. The van der Waals surface area contributed by atoms with Gasteiger partial charge in [0.1, 0.15) is 5.75 Å². The van der Waals surface area contributed by atoms with Gasteiger partial charge in [-0.1, -0.05) is 47.9 Å². The molecule has 1 aliphatic heterocycles. The second-order valence-corrected chi connectivity index (χ2v) is 7.51. The molecule has 1 saturated heterocycles. The molecule has 0 aliphatic carbocycles. The number of carbonyl (C=O) groups excluding carboxylic acids is 1. The molecule has 1 aliphatic rings. The molecular weight excluding hydrogens is 360 g/mol. The minimum atomic E-state index is -0.105. The summed E-state index contributed by atoms with van der Waals surface area (Å²) in [7, 11) is 0. The molecule has 0 spiro atoms. The zero-order valence-electron chi connectivity index (χ0n) is 15.8. The largest absolute Gasteiger partial charge is 0.484 e. The zero-order valence-corrected chi connectivity index (χ0v) is 16.5. The van der Waals surface area contributed by atoms with E-state index in [4.69, 9.17) is 16.3 Å². The van der Waals surface area contributed by atoms with Crippen LogP contribution in [0.25, 0.3) is 0 Å². The number of halogens is 1. The van der Waals surface area contributed by atoms with Crippen LogP contribution in [0.4, 0.5) is 0 Å². The summed E-state index contributed by atoms with van der Waals surface area (Å²) in [5.41, 5.74) is 2.35. The van der Waals surface area contributed by atoms with Crippen molar-refractivity contribution in [3.05, 3.63) is 64.7 Å². The smallest absolute Gasteiger partial charge is 0.258 e. The van der Waals surface area contributed by atoms with Crippen molar-refractivity contribution in [2.45, 2.75) is 32.2 Å². The van der Waals surface area contributed by atoms with Crippen molar-refractivity contribution in [2.24, 2.45) is 0 Å². The molecule has 1 fully saturated rings. The topological polar surface area (TPSA) is 41.6 Å². The van der Waals surface area contributed by atoms with Crippen LogP contribution in [-0.4, -0.2) is 37.0 Å². The van der Waals surface area contributed by atoms with Crippen LogP contribution in [0.2, 0.25) is 5.02 Å². The molecule has 1 heterocycles. The molecule has 1 N–H and O–H groups in total. The van der Waals surface area contributed by atoms with Gasteiger partial charge in [0.15, 0.2) is 6.61 Å². The van der Waals surface area contributed by atoms with Crippen molar-refractivity contribution >= 4 is 17.5 Å². The maximum atomic E-state index is 12.3. The number of rotatable bonds is 7. The second kappa shape index (κ2) is 9.77. The lowest BCUT2D eigenvalue weighted by Gasteiger charge is -2.35. The van der Waals surface area contributed by atoms with Crippen molar-refractivity contribution in [1.82, 2.24) is 10.2 Å². The van der Waals surface area contributed by atoms with Gasteiger partial charge in [-0.15, -0.1) is 0 Å². The van der Waals surface area contributed by atoms with Gasteiger partial charge < -0.3 is 10.1 Å². The molecule has 1 atom stereocenters. The standard InChI is InChI=1S/C22H27ClN2O2/c1-17-5-11-20(12-6-17)27-16-22(26)24-15-21(25-13-3-2-4-14-25)18-7-9-19(23)10-8-18/h5-12,21H,2-4,13-16H2,1H3,(H,24,26)/t21-/m1/s1. The van der Waals surface area contributed by atoms with Gasteiger partial charge in [-0.05, 0) is 62.7 Å². The summed E-state index contributed by atoms with van der Waals surface area (Å²) >= 11 is 6.04. The normalized spacial score (nSPS) is 15.9. The lowest BCUT2D eigenvalue weighted by Crippen LogP contribution is -2.41. The van der Waals surface area contributed by atoms with E-state index in [9.17, 15) is 4.79 Å². The number of hydrogen-bond donors (Lipinski definition) is 1. The molecule has 0 radical (unpaired) electrons. The van der Waals surface area contributed by atoms with Crippen molar-refractivity contribution in [3.63, 3.8) is 0 Å². The average molecular weight is 387 g/mol. The first kappa shape index (κ1) is 19.7. The molecule has 0 aromatic heterocycles. The summed E-state index contributed by atoms with van der Waals surface area (Å²) in [6, 6.07) is 15.8. The molecule has 1 amide bonds. The molecule has 0 bridgehead atoms. The van der Waals surface area contributed by atoms with Crippen LogP contribution in [0, 0.1) is 6.92 Å². The van der Waals surface area contributed by atoms with Gasteiger partial charge in [0, 0.05) is 11.6 Å².